The van der Waals surface area contributed by atoms with E-state index in [4.69, 9.17) is 4.74 Å². The van der Waals surface area contributed by atoms with E-state index in [-0.39, 0.29) is 12.1 Å². The lowest BCUT2D eigenvalue weighted by atomic mass is 10.2. The Morgan fingerprint density at radius 2 is 2.50 bits per heavy atom. The standard InChI is InChI=1S/C10H16N2O2/c1-2-14-8-6-11-12(7-8)9-4-3-5-10(9)13/h6-7,9-10,13H,2-5H2,1H3/t9-,10-/m1/s1. The van der Waals surface area contributed by atoms with E-state index in [1.165, 1.54) is 0 Å². The second kappa shape index (κ2) is 4.00. The van der Waals surface area contributed by atoms with Gasteiger partial charge in [0.2, 0.25) is 0 Å². The van der Waals surface area contributed by atoms with Gasteiger partial charge in [-0.3, -0.25) is 4.68 Å². The predicted molar refractivity (Wildman–Crippen MR) is 52.3 cm³/mol. The highest BCUT2D eigenvalue weighted by molar-refractivity contribution is 5.12. The van der Waals surface area contributed by atoms with Gasteiger partial charge in [0.15, 0.2) is 5.75 Å². The molecule has 4 heteroatoms. The lowest BCUT2D eigenvalue weighted by Gasteiger charge is -2.14. The van der Waals surface area contributed by atoms with Crippen LogP contribution in [0.3, 0.4) is 0 Å². The van der Waals surface area contributed by atoms with E-state index in [2.05, 4.69) is 5.10 Å². The molecule has 2 atom stereocenters. The second-order valence-corrected chi connectivity index (χ2v) is 3.65. The first-order chi connectivity index (χ1) is 6.81. The van der Waals surface area contributed by atoms with E-state index in [9.17, 15) is 5.11 Å². The van der Waals surface area contributed by atoms with Crippen LogP contribution in [0.5, 0.6) is 5.75 Å². The van der Waals surface area contributed by atoms with Gasteiger partial charge in [-0.2, -0.15) is 5.10 Å². The van der Waals surface area contributed by atoms with Crippen molar-refractivity contribution in [2.24, 2.45) is 0 Å². The SMILES string of the molecule is CCOc1cnn([C@@H]2CCC[C@H]2O)c1. The summed E-state index contributed by atoms with van der Waals surface area (Å²) in [7, 11) is 0. The number of nitrogens with zero attached hydrogens (tertiary/aromatic N) is 2. The van der Waals surface area contributed by atoms with E-state index < -0.39 is 0 Å². The van der Waals surface area contributed by atoms with Crippen molar-refractivity contribution in [2.45, 2.75) is 38.3 Å². The molecular formula is C10H16N2O2. The van der Waals surface area contributed by atoms with Crippen LogP contribution in [-0.2, 0) is 0 Å². The average Bonchev–Trinajstić information content (AvgIpc) is 2.74. The number of aliphatic hydroxyl groups is 1. The molecule has 0 spiro atoms. The van der Waals surface area contributed by atoms with E-state index in [1.54, 1.807) is 6.20 Å². The highest BCUT2D eigenvalue weighted by Crippen LogP contribution is 2.30. The van der Waals surface area contributed by atoms with Crippen LogP contribution in [0.4, 0.5) is 0 Å². The molecule has 14 heavy (non-hydrogen) atoms. The van der Waals surface area contributed by atoms with Crippen LogP contribution in [0.1, 0.15) is 32.2 Å². The summed E-state index contributed by atoms with van der Waals surface area (Å²) in [4.78, 5) is 0. The number of hydrogen-bond donors (Lipinski definition) is 1. The van der Waals surface area contributed by atoms with Gasteiger partial charge in [-0.1, -0.05) is 0 Å². The summed E-state index contributed by atoms with van der Waals surface area (Å²) in [5, 5.41) is 13.9. The Kier molecular flexibility index (Phi) is 2.72. The van der Waals surface area contributed by atoms with Gasteiger partial charge in [-0.05, 0) is 26.2 Å². The third-order valence-corrected chi connectivity index (χ3v) is 2.67. The summed E-state index contributed by atoms with van der Waals surface area (Å²) < 4.78 is 7.14. The molecule has 0 amide bonds. The molecule has 0 aliphatic heterocycles. The Hall–Kier alpha value is -1.03. The van der Waals surface area contributed by atoms with Crippen molar-refractivity contribution in [1.82, 2.24) is 9.78 Å². The zero-order valence-corrected chi connectivity index (χ0v) is 8.39. The maximum Gasteiger partial charge on any atom is 0.157 e. The molecule has 1 aromatic rings. The van der Waals surface area contributed by atoms with Crippen molar-refractivity contribution in [1.29, 1.82) is 0 Å². The average molecular weight is 196 g/mol. The van der Waals surface area contributed by atoms with Crippen LogP contribution in [0, 0.1) is 0 Å². The molecule has 1 saturated carbocycles. The van der Waals surface area contributed by atoms with Crippen molar-refractivity contribution in [3.63, 3.8) is 0 Å². The summed E-state index contributed by atoms with van der Waals surface area (Å²) in [6, 6.07) is 0.143. The summed E-state index contributed by atoms with van der Waals surface area (Å²) in [6.45, 7) is 2.60. The second-order valence-electron chi connectivity index (χ2n) is 3.65. The zero-order valence-electron chi connectivity index (χ0n) is 8.39. The molecule has 1 aromatic heterocycles. The Morgan fingerprint density at radius 3 is 3.14 bits per heavy atom. The number of hydrogen-bond acceptors (Lipinski definition) is 3. The molecule has 78 valence electrons. The predicted octanol–water partition coefficient (Wildman–Crippen LogP) is 1.37. The lowest BCUT2D eigenvalue weighted by molar-refractivity contribution is 0.130. The number of aromatic nitrogens is 2. The number of aliphatic hydroxyl groups excluding tert-OH is 1. The highest BCUT2D eigenvalue weighted by atomic mass is 16.5. The van der Waals surface area contributed by atoms with E-state index in [0.29, 0.717) is 6.61 Å². The van der Waals surface area contributed by atoms with Gasteiger partial charge in [-0.15, -0.1) is 0 Å². The van der Waals surface area contributed by atoms with Gasteiger partial charge >= 0.3 is 0 Å². The first-order valence-corrected chi connectivity index (χ1v) is 5.16. The summed E-state index contributed by atoms with van der Waals surface area (Å²) >= 11 is 0. The van der Waals surface area contributed by atoms with Gasteiger partial charge in [0.1, 0.15) is 0 Å². The van der Waals surface area contributed by atoms with Crippen LogP contribution >= 0.6 is 0 Å². The van der Waals surface area contributed by atoms with Gasteiger partial charge in [0.05, 0.1) is 31.1 Å². The molecule has 0 saturated heterocycles. The maximum atomic E-state index is 9.68. The molecule has 2 rings (SSSR count). The van der Waals surface area contributed by atoms with Gasteiger partial charge in [0.25, 0.3) is 0 Å². The van der Waals surface area contributed by atoms with Crippen LogP contribution in [-0.4, -0.2) is 27.6 Å². The molecule has 1 fully saturated rings. The molecule has 4 nitrogen and oxygen atoms in total. The first kappa shape index (κ1) is 9.52. The minimum atomic E-state index is -0.246. The fourth-order valence-electron chi connectivity index (χ4n) is 1.97. The van der Waals surface area contributed by atoms with Gasteiger partial charge < -0.3 is 9.84 Å². The van der Waals surface area contributed by atoms with Crippen molar-refractivity contribution in [3.8, 4) is 5.75 Å². The summed E-state index contributed by atoms with van der Waals surface area (Å²) in [5.41, 5.74) is 0. The molecule has 1 heterocycles. The molecule has 0 aromatic carbocycles. The van der Waals surface area contributed by atoms with E-state index >= 15 is 0 Å². The normalized spacial score (nSPS) is 26.7. The first-order valence-electron chi connectivity index (χ1n) is 5.16. The van der Waals surface area contributed by atoms with Crippen LogP contribution in [0.15, 0.2) is 12.4 Å². The van der Waals surface area contributed by atoms with Crippen molar-refractivity contribution in [2.75, 3.05) is 6.61 Å². The Bertz CT molecular complexity index is 298. The monoisotopic (exact) mass is 196 g/mol. The fraction of sp³-hybridized carbons (Fsp3) is 0.700. The third-order valence-electron chi connectivity index (χ3n) is 2.67. The number of rotatable bonds is 3. The van der Waals surface area contributed by atoms with Crippen molar-refractivity contribution >= 4 is 0 Å². The zero-order chi connectivity index (χ0) is 9.97. The van der Waals surface area contributed by atoms with Gasteiger partial charge in [-0.25, -0.2) is 0 Å². The Labute approximate surface area is 83.5 Å². The molecule has 0 bridgehead atoms. The smallest absolute Gasteiger partial charge is 0.157 e. The van der Waals surface area contributed by atoms with Crippen LogP contribution in [0.2, 0.25) is 0 Å². The highest BCUT2D eigenvalue weighted by Gasteiger charge is 2.27. The summed E-state index contributed by atoms with van der Waals surface area (Å²) in [5.74, 6) is 0.784. The quantitative estimate of drug-likeness (QED) is 0.794. The van der Waals surface area contributed by atoms with Gasteiger partial charge in [0, 0.05) is 0 Å². The summed E-state index contributed by atoms with van der Waals surface area (Å²) in [6.07, 6.45) is 6.29. The topological polar surface area (TPSA) is 47.3 Å². The Morgan fingerprint density at radius 1 is 1.64 bits per heavy atom. The Balaban J connectivity index is 2.08. The number of ether oxygens (including phenoxy) is 1. The molecular weight excluding hydrogens is 180 g/mol. The minimum absolute atomic E-state index is 0.143. The molecule has 0 radical (unpaired) electrons. The van der Waals surface area contributed by atoms with Crippen molar-refractivity contribution < 1.29 is 9.84 Å². The molecule has 1 N–H and O–H groups in total. The molecule has 0 unspecified atom stereocenters. The minimum Gasteiger partial charge on any atom is -0.491 e. The van der Waals surface area contributed by atoms with Crippen LogP contribution < -0.4 is 4.74 Å². The fourth-order valence-corrected chi connectivity index (χ4v) is 1.97. The largest absolute Gasteiger partial charge is 0.491 e. The van der Waals surface area contributed by atoms with E-state index in [0.717, 1.165) is 25.0 Å². The lowest BCUT2D eigenvalue weighted by Crippen LogP contribution is -2.18. The van der Waals surface area contributed by atoms with Crippen LogP contribution in [0.25, 0.3) is 0 Å². The van der Waals surface area contributed by atoms with E-state index in [1.807, 2.05) is 17.8 Å². The third kappa shape index (κ3) is 1.75. The molecule has 1 aliphatic rings. The van der Waals surface area contributed by atoms with Crippen molar-refractivity contribution in [3.05, 3.63) is 12.4 Å². The molecule has 1 aliphatic carbocycles. The maximum absolute atomic E-state index is 9.68.